The standard InChI is InChI=1S/C22H20Cl3NO6.C20H20O6/c1-13-12-29-20(32-21(26)22(23,24)25)17(31-19(28)15-10-6-3-7-11-15)16(13)30-18(27)14-8-4-2-5-9-14;1-13-12-24-20(23)17(26-19(22)15-10-6-3-7-11-15)16(13)25-18(21)14-8-4-2-5-9-14/h2-11,13,16-17,20,26H,12H2,1H3;2-11,13,16-17,20,23H,12H2,1H3/t13-,16+,17?,20-;13-,16+,17?,20+/m00/s1. The van der Waals surface area contributed by atoms with Crippen molar-refractivity contribution in [3.63, 3.8) is 0 Å². The topological polar surface area (TPSA) is 177 Å². The van der Waals surface area contributed by atoms with Gasteiger partial charge in [-0.05, 0) is 48.5 Å². The molecule has 306 valence electrons. The van der Waals surface area contributed by atoms with E-state index >= 15 is 0 Å². The number of aliphatic hydroxyl groups is 1. The van der Waals surface area contributed by atoms with E-state index in [4.69, 9.17) is 73.4 Å². The molecule has 4 aromatic carbocycles. The highest BCUT2D eigenvalue weighted by Gasteiger charge is 2.47. The summed E-state index contributed by atoms with van der Waals surface area (Å²) in [6.45, 7) is 3.85. The van der Waals surface area contributed by atoms with E-state index in [9.17, 15) is 24.3 Å². The summed E-state index contributed by atoms with van der Waals surface area (Å²) in [4.78, 5) is 50.2. The van der Waals surface area contributed by atoms with Crippen LogP contribution in [0.15, 0.2) is 121 Å². The second kappa shape index (κ2) is 20.6. The first kappa shape index (κ1) is 44.1. The van der Waals surface area contributed by atoms with Gasteiger partial charge in [-0.15, -0.1) is 0 Å². The maximum Gasteiger partial charge on any atom is 0.338 e. The second-order valence-electron chi connectivity index (χ2n) is 13.3. The Balaban J connectivity index is 0.000000226. The quantitative estimate of drug-likeness (QED) is 0.0569. The number of carbonyl (C=O) groups excluding carboxylic acids is 4. The zero-order valence-corrected chi connectivity index (χ0v) is 33.4. The van der Waals surface area contributed by atoms with Crippen molar-refractivity contribution >= 4 is 64.6 Å². The number of nitrogens with one attached hydrogen (secondary N) is 1. The molecule has 0 bridgehead atoms. The van der Waals surface area contributed by atoms with Gasteiger partial charge in [0.1, 0.15) is 12.2 Å². The largest absolute Gasteiger partial charge is 0.454 e. The van der Waals surface area contributed by atoms with E-state index in [1.807, 2.05) is 0 Å². The van der Waals surface area contributed by atoms with Gasteiger partial charge in [0.2, 0.25) is 18.3 Å². The fourth-order valence-corrected chi connectivity index (χ4v) is 5.94. The molecule has 4 aromatic rings. The Morgan fingerprint density at radius 1 is 0.534 bits per heavy atom. The first-order valence-corrected chi connectivity index (χ1v) is 19.1. The first-order valence-electron chi connectivity index (χ1n) is 18.0. The van der Waals surface area contributed by atoms with Crippen molar-refractivity contribution in [2.24, 2.45) is 11.8 Å². The van der Waals surface area contributed by atoms with Crippen molar-refractivity contribution in [2.75, 3.05) is 13.2 Å². The van der Waals surface area contributed by atoms with Crippen molar-refractivity contribution in [1.82, 2.24) is 0 Å². The normalized spacial score (nSPS) is 24.1. The predicted molar refractivity (Wildman–Crippen MR) is 212 cm³/mol. The van der Waals surface area contributed by atoms with E-state index in [-0.39, 0.29) is 30.6 Å². The number of esters is 4. The van der Waals surface area contributed by atoms with Gasteiger partial charge in [-0.1, -0.05) is 121 Å². The zero-order chi connectivity index (χ0) is 41.8. The van der Waals surface area contributed by atoms with Crippen LogP contribution in [0.4, 0.5) is 0 Å². The summed E-state index contributed by atoms with van der Waals surface area (Å²) in [5.74, 6) is -3.80. The van der Waals surface area contributed by atoms with Gasteiger partial charge < -0.3 is 38.3 Å². The van der Waals surface area contributed by atoms with E-state index in [0.29, 0.717) is 16.7 Å². The highest BCUT2D eigenvalue weighted by molar-refractivity contribution is 6.76. The summed E-state index contributed by atoms with van der Waals surface area (Å²) >= 11 is 17.1. The third-order valence-electron chi connectivity index (χ3n) is 8.87. The van der Waals surface area contributed by atoms with Crippen molar-refractivity contribution in [1.29, 1.82) is 5.41 Å². The van der Waals surface area contributed by atoms with Crippen LogP contribution in [0.5, 0.6) is 0 Å². The minimum atomic E-state index is -2.16. The summed E-state index contributed by atoms with van der Waals surface area (Å²) in [6, 6.07) is 33.5. The minimum absolute atomic E-state index is 0.0872. The van der Waals surface area contributed by atoms with Gasteiger partial charge in [0.05, 0.1) is 35.5 Å². The molecule has 0 spiro atoms. The highest BCUT2D eigenvalue weighted by atomic mass is 35.6. The van der Waals surface area contributed by atoms with Crippen LogP contribution in [0.25, 0.3) is 0 Å². The van der Waals surface area contributed by atoms with Crippen molar-refractivity contribution in [3.8, 4) is 0 Å². The van der Waals surface area contributed by atoms with Crippen molar-refractivity contribution in [3.05, 3.63) is 144 Å². The van der Waals surface area contributed by atoms with Gasteiger partial charge in [-0.2, -0.15) is 0 Å². The van der Waals surface area contributed by atoms with Gasteiger partial charge in [0, 0.05) is 11.8 Å². The van der Waals surface area contributed by atoms with Crippen molar-refractivity contribution in [2.45, 2.75) is 54.6 Å². The molecule has 2 heterocycles. The summed E-state index contributed by atoms with van der Waals surface area (Å²) in [6.07, 6.45) is -6.81. The Hall–Kier alpha value is -5.02. The molecule has 13 nitrogen and oxygen atoms in total. The lowest BCUT2D eigenvalue weighted by Crippen LogP contribution is -2.55. The first-order chi connectivity index (χ1) is 27.7. The van der Waals surface area contributed by atoms with Crippen LogP contribution in [-0.4, -0.2) is 88.9 Å². The fourth-order valence-electron chi connectivity index (χ4n) is 5.80. The highest BCUT2D eigenvalue weighted by Crippen LogP contribution is 2.33. The average molecular weight is 857 g/mol. The Morgan fingerprint density at radius 3 is 1.21 bits per heavy atom. The molecule has 2 unspecified atom stereocenters. The van der Waals surface area contributed by atoms with E-state index in [0.717, 1.165) is 0 Å². The fraction of sp³-hybridized carbons (Fsp3) is 0.310. The third kappa shape index (κ3) is 12.0. The Morgan fingerprint density at radius 2 is 0.845 bits per heavy atom. The van der Waals surface area contributed by atoms with Gasteiger partial charge in [-0.25, -0.2) is 19.2 Å². The number of alkyl halides is 3. The summed E-state index contributed by atoms with van der Waals surface area (Å²) in [5.41, 5.74) is 1.32. The number of ether oxygens (including phenoxy) is 7. The molecular formula is C42H40Cl3NO12. The van der Waals surface area contributed by atoms with Gasteiger partial charge >= 0.3 is 23.9 Å². The number of hydrogen-bond donors (Lipinski definition) is 2. The molecule has 2 N–H and O–H groups in total. The molecule has 2 aliphatic heterocycles. The van der Waals surface area contributed by atoms with Crippen LogP contribution >= 0.6 is 34.8 Å². The zero-order valence-electron chi connectivity index (χ0n) is 31.2. The van der Waals surface area contributed by atoms with Crippen LogP contribution in [-0.2, 0) is 33.2 Å². The molecule has 0 radical (unpaired) electrons. The average Bonchev–Trinajstić information content (AvgIpc) is 3.23. The Kier molecular flexibility index (Phi) is 15.7. The number of rotatable bonds is 9. The molecule has 8 atom stereocenters. The van der Waals surface area contributed by atoms with E-state index < -0.39 is 70.6 Å². The van der Waals surface area contributed by atoms with Crippen molar-refractivity contribution < 1.29 is 57.4 Å². The summed E-state index contributed by atoms with van der Waals surface area (Å²) in [5, 5.41) is 18.0. The molecule has 16 heteroatoms. The molecule has 0 aromatic heterocycles. The molecular weight excluding hydrogens is 817 g/mol. The molecule has 6 rings (SSSR count). The van der Waals surface area contributed by atoms with Crippen LogP contribution < -0.4 is 0 Å². The second-order valence-corrected chi connectivity index (χ2v) is 15.5. The number of carbonyl (C=O) groups is 4. The number of benzene rings is 4. The van der Waals surface area contributed by atoms with E-state index in [1.54, 1.807) is 135 Å². The third-order valence-corrected chi connectivity index (χ3v) is 9.39. The van der Waals surface area contributed by atoms with Crippen LogP contribution in [0, 0.1) is 17.2 Å². The van der Waals surface area contributed by atoms with Crippen LogP contribution in [0.2, 0.25) is 0 Å². The Labute approximate surface area is 349 Å². The number of halogens is 3. The van der Waals surface area contributed by atoms with E-state index in [2.05, 4.69) is 0 Å². The molecule has 2 saturated heterocycles. The molecule has 0 amide bonds. The van der Waals surface area contributed by atoms with Gasteiger partial charge in [0.25, 0.3) is 3.79 Å². The summed E-state index contributed by atoms with van der Waals surface area (Å²) in [7, 11) is 0. The monoisotopic (exact) mass is 855 g/mol. The van der Waals surface area contributed by atoms with Crippen LogP contribution in [0.1, 0.15) is 55.3 Å². The number of aliphatic hydroxyl groups excluding tert-OH is 1. The Bertz CT molecular complexity index is 1920. The predicted octanol–water partition coefficient (Wildman–Crippen LogP) is 7.22. The molecule has 0 saturated carbocycles. The smallest absolute Gasteiger partial charge is 0.338 e. The number of hydrogen-bond acceptors (Lipinski definition) is 13. The van der Waals surface area contributed by atoms with Gasteiger partial charge in [-0.3, -0.25) is 5.41 Å². The molecule has 0 aliphatic carbocycles. The van der Waals surface area contributed by atoms with E-state index in [1.165, 1.54) is 0 Å². The maximum absolute atomic E-state index is 12.7. The lowest BCUT2D eigenvalue weighted by molar-refractivity contribution is -0.236. The molecule has 58 heavy (non-hydrogen) atoms. The maximum atomic E-state index is 12.7. The molecule has 2 aliphatic rings. The lowest BCUT2D eigenvalue weighted by atomic mass is 9.96. The SMILES string of the molecule is C[C@H]1CO[C@@H](O)C(OC(=O)c2ccccc2)[C@@H]1OC(=O)c1ccccc1.C[C@H]1CO[C@@H](OC(=N)C(Cl)(Cl)Cl)C(OC(=O)c2ccccc2)[C@@H]1OC(=O)c1ccccc1. The molecule has 2 fully saturated rings. The van der Waals surface area contributed by atoms with Gasteiger partial charge in [0.15, 0.2) is 12.4 Å². The minimum Gasteiger partial charge on any atom is -0.454 e. The lowest BCUT2D eigenvalue weighted by Gasteiger charge is -2.40. The summed E-state index contributed by atoms with van der Waals surface area (Å²) < 4.78 is 36.4. The van der Waals surface area contributed by atoms with Crippen LogP contribution in [0.3, 0.4) is 0 Å².